The quantitative estimate of drug-likeness (QED) is 0.699. The number of benzene rings is 1. The van der Waals surface area contributed by atoms with Gasteiger partial charge in [-0.1, -0.05) is 19.9 Å². The maximum absolute atomic E-state index is 5.74. The number of hydrogen-bond acceptors (Lipinski definition) is 2. The lowest BCUT2D eigenvalue weighted by Crippen LogP contribution is -1.99. The summed E-state index contributed by atoms with van der Waals surface area (Å²) in [5.74, 6) is 0.614. The van der Waals surface area contributed by atoms with Crippen LogP contribution >= 0.6 is 0 Å². The van der Waals surface area contributed by atoms with Gasteiger partial charge in [-0.15, -0.1) is 0 Å². The normalized spacial score (nSPS) is 10.7. The van der Waals surface area contributed by atoms with Gasteiger partial charge < -0.3 is 11.5 Å². The van der Waals surface area contributed by atoms with Gasteiger partial charge in [-0.05, 0) is 36.5 Å². The summed E-state index contributed by atoms with van der Waals surface area (Å²) in [4.78, 5) is 0. The third-order valence-electron chi connectivity index (χ3n) is 2.57. The van der Waals surface area contributed by atoms with E-state index in [1.54, 1.807) is 0 Å². The molecule has 2 nitrogen and oxygen atoms in total. The molecule has 0 saturated heterocycles. The van der Waals surface area contributed by atoms with Crippen LogP contribution in [-0.4, -0.2) is 0 Å². The molecular formula is C11H18N2. The van der Waals surface area contributed by atoms with E-state index < -0.39 is 0 Å². The minimum Gasteiger partial charge on any atom is -0.397 e. The minimum absolute atomic E-state index is 0.614. The molecule has 1 aromatic rings. The second-order valence-electron chi connectivity index (χ2n) is 3.40. The van der Waals surface area contributed by atoms with E-state index in [0.29, 0.717) is 17.3 Å². The second-order valence-corrected chi connectivity index (χ2v) is 3.40. The zero-order valence-corrected chi connectivity index (χ0v) is 8.38. The molecule has 1 aromatic carbocycles. The Morgan fingerprint density at radius 2 is 1.69 bits per heavy atom. The van der Waals surface area contributed by atoms with Crippen LogP contribution in [0, 0.1) is 0 Å². The molecule has 0 amide bonds. The number of hydrogen-bond donors (Lipinski definition) is 2. The van der Waals surface area contributed by atoms with Crippen LogP contribution in [0.1, 0.15) is 38.2 Å². The van der Waals surface area contributed by atoms with E-state index in [2.05, 4.69) is 19.9 Å². The van der Waals surface area contributed by atoms with E-state index in [-0.39, 0.29) is 0 Å². The van der Waals surface area contributed by atoms with Crippen molar-refractivity contribution < 1.29 is 0 Å². The second kappa shape index (κ2) is 4.17. The Balaban J connectivity index is 2.95. The van der Waals surface area contributed by atoms with Crippen molar-refractivity contribution in [2.75, 3.05) is 11.5 Å². The summed E-state index contributed by atoms with van der Waals surface area (Å²) in [6.07, 6.45) is 2.31. The Bertz CT molecular complexity index is 277. The highest BCUT2D eigenvalue weighted by atomic mass is 14.7. The molecule has 0 saturated carbocycles. The summed E-state index contributed by atoms with van der Waals surface area (Å²) < 4.78 is 0. The summed E-state index contributed by atoms with van der Waals surface area (Å²) in [6.45, 7) is 4.39. The van der Waals surface area contributed by atoms with Crippen molar-refractivity contribution in [1.29, 1.82) is 0 Å². The molecular weight excluding hydrogens is 160 g/mol. The highest BCUT2D eigenvalue weighted by Gasteiger charge is 2.07. The van der Waals surface area contributed by atoms with Crippen LogP contribution in [-0.2, 0) is 0 Å². The molecule has 0 fully saturated rings. The number of nitrogens with two attached hydrogens (primary N) is 2. The van der Waals surface area contributed by atoms with Gasteiger partial charge >= 0.3 is 0 Å². The first kappa shape index (κ1) is 9.90. The maximum atomic E-state index is 5.74. The van der Waals surface area contributed by atoms with Crippen LogP contribution in [0.3, 0.4) is 0 Å². The molecule has 0 aliphatic heterocycles. The predicted molar refractivity (Wildman–Crippen MR) is 58.6 cm³/mol. The molecule has 13 heavy (non-hydrogen) atoms. The Morgan fingerprint density at radius 3 is 2.15 bits per heavy atom. The topological polar surface area (TPSA) is 52.0 Å². The van der Waals surface area contributed by atoms with E-state index in [9.17, 15) is 0 Å². The van der Waals surface area contributed by atoms with E-state index in [1.165, 1.54) is 5.56 Å². The summed E-state index contributed by atoms with van der Waals surface area (Å²) in [5.41, 5.74) is 14.1. The Hall–Kier alpha value is -1.18. The summed E-state index contributed by atoms with van der Waals surface area (Å²) in [6, 6.07) is 5.96. The van der Waals surface area contributed by atoms with Gasteiger partial charge in [0.1, 0.15) is 0 Å². The highest BCUT2D eigenvalue weighted by Crippen LogP contribution is 2.26. The van der Waals surface area contributed by atoms with Crippen LogP contribution in [0.25, 0.3) is 0 Å². The molecule has 0 aliphatic rings. The van der Waals surface area contributed by atoms with Crippen LogP contribution in [0.5, 0.6) is 0 Å². The molecule has 0 aliphatic carbocycles. The van der Waals surface area contributed by atoms with Crippen molar-refractivity contribution >= 4 is 11.4 Å². The highest BCUT2D eigenvalue weighted by molar-refractivity contribution is 5.64. The number of rotatable bonds is 3. The smallest absolute Gasteiger partial charge is 0.0550 e. The van der Waals surface area contributed by atoms with Gasteiger partial charge in [0.15, 0.2) is 0 Å². The van der Waals surface area contributed by atoms with Gasteiger partial charge in [0, 0.05) is 0 Å². The number of anilines is 2. The van der Waals surface area contributed by atoms with Crippen molar-refractivity contribution in [3.63, 3.8) is 0 Å². The zero-order valence-electron chi connectivity index (χ0n) is 8.38. The van der Waals surface area contributed by atoms with E-state index in [4.69, 9.17) is 11.5 Å². The van der Waals surface area contributed by atoms with Gasteiger partial charge in [0.2, 0.25) is 0 Å². The largest absolute Gasteiger partial charge is 0.397 e. The lowest BCUT2D eigenvalue weighted by molar-refractivity contribution is 0.642. The summed E-state index contributed by atoms with van der Waals surface area (Å²) in [5, 5.41) is 0. The van der Waals surface area contributed by atoms with Gasteiger partial charge in [-0.3, -0.25) is 0 Å². The van der Waals surface area contributed by atoms with Crippen molar-refractivity contribution in [2.24, 2.45) is 0 Å². The average molecular weight is 178 g/mol. The van der Waals surface area contributed by atoms with E-state index in [0.717, 1.165) is 12.8 Å². The van der Waals surface area contributed by atoms with Crippen molar-refractivity contribution in [2.45, 2.75) is 32.6 Å². The number of nitrogen functional groups attached to an aromatic ring is 2. The molecule has 1 rings (SSSR count). The molecule has 4 N–H and O–H groups in total. The van der Waals surface area contributed by atoms with Crippen LogP contribution in [0.4, 0.5) is 11.4 Å². The summed E-state index contributed by atoms with van der Waals surface area (Å²) in [7, 11) is 0. The average Bonchev–Trinajstić information content (AvgIpc) is 2.13. The van der Waals surface area contributed by atoms with Crippen LogP contribution in [0.2, 0.25) is 0 Å². The molecule has 0 atom stereocenters. The molecule has 0 heterocycles. The molecule has 72 valence electrons. The fourth-order valence-corrected chi connectivity index (χ4v) is 1.61. The fraction of sp³-hybridized carbons (Fsp3) is 0.455. The van der Waals surface area contributed by atoms with Crippen molar-refractivity contribution in [3.8, 4) is 0 Å². The third-order valence-corrected chi connectivity index (χ3v) is 2.57. The molecule has 0 aromatic heterocycles. The maximum Gasteiger partial charge on any atom is 0.0550 e. The predicted octanol–water partition coefficient (Wildman–Crippen LogP) is 2.75. The first-order chi connectivity index (χ1) is 6.19. The SMILES string of the molecule is CCC(CC)c1ccc(N)c(N)c1. The molecule has 0 unspecified atom stereocenters. The lowest BCUT2D eigenvalue weighted by Gasteiger charge is -2.13. The van der Waals surface area contributed by atoms with Crippen molar-refractivity contribution in [1.82, 2.24) is 0 Å². The van der Waals surface area contributed by atoms with Gasteiger partial charge in [0.25, 0.3) is 0 Å². The monoisotopic (exact) mass is 178 g/mol. The minimum atomic E-state index is 0.614. The third kappa shape index (κ3) is 2.14. The molecule has 2 heteroatoms. The van der Waals surface area contributed by atoms with E-state index >= 15 is 0 Å². The molecule has 0 bridgehead atoms. The lowest BCUT2D eigenvalue weighted by atomic mass is 9.93. The summed E-state index contributed by atoms with van der Waals surface area (Å²) >= 11 is 0. The first-order valence-corrected chi connectivity index (χ1v) is 4.83. The van der Waals surface area contributed by atoms with Crippen LogP contribution in [0.15, 0.2) is 18.2 Å². The molecule has 0 spiro atoms. The van der Waals surface area contributed by atoms with Crippen molar-refractivity contribution in [3.05, 3.63) is 23.8 Å². The molecule has 0 radical (unpaired) electrons. The Kier molecular flexibility index (Phi) is 3.18. The standard InChI is InChI=1S/C11H18N2/c1-3-8(4-2)9-5-6-10(12)11(13)7-9/h5-8H,3-4,12-13H2,1-2H3. The van der Waals surface area contributed by atoms with Crippen LogP contribution < -0.4 is 11.5 Å². The van der Waals surface area contributed by atoms with E-state index in [1.807, 2.05) is 12.1 Å². The van der Waals surface area contributed by atoms with Gasteiger partial charge in [-0.2, -0.15) is 0 Å². The Morgan fingerprint density at radius 1 is 1.08 bits per heavy atom. The fourth-order valence-electron chi connectivity index (χ4n) is 1.61. The van der Waals surface area contributed by atoms with Gasteiger partial charge in [0.05, 0.1) is 11.4 Å². The first-order valence-electron chi connectivity index (χ1n) is 4.83. The Labute approximate surface area is 79.9 Å². The van der Waals surface area contributed by atoms with Gasteiger partial charge in [-0.25, -0.2) is 0 Å². The zero-order chi connectivity index (χ0) is 9.84.